The van der Waals surface area contributed by atoms with Gasteiger partial charge in [0.1, 0.15) is 0 Å². The number of carbonyl (C=O) groups excluding carboxylic acids is 2. The van der Waals surface area contributed by atoms with Gasteiger partial charge in [0.2, 0.25) is 11.9 Å². The number of aromatic nitrogens is 2. The van der Waals surface area contributed by atoms with E-state index in [1.165, 1.54) is 15.7 Å². The van der Waals surface area contributed by atoms with Gasteiger partial charge in [-0.05, 0) is 36.8 Å². The van der Waals surface area contributed by atoms with Gasteiger partial charge in [-0.25, -0.2) is 9.97 Å². The van der Waals surface area contributed by atoms with Gasteiger partial charge in [-0.2, -0.15) is 13.2 Å². The van der Waals surface area contributed by atoms with E-state index < -0.39 is 11.7 Å². The number of alkyl halides is 3. The van der Waals surface area contributed by atoms with Crippen molar-refractivity contribution >= 4 is 50.3 Å². The van der Waals surface area contributed by atoms with Gasteiger partial charge in [0.25, 0.3) is 5.91 Å². The molecule has 1 saturated heterocycles. The van der Waals surface area contributed by atoms with Crippen LogP contribution in [0.15, 0.2) is 36.9 Å². The minimum absolute atomic E-state index is 0.115. The Bertz CT molecular complexity index is 992. The summed E-state index contributed by atoms with van der Waals surface area (Å²) in [6, 6.07) is 6.32. The fraction of sp³-hybridized carbons (Fsp3) is 0.263. The highest BCUT2D eigenvalue weighted by Gasteiger charge is 2.36. The first-order valence-corrected chi connectivity index (χ1v) is 9.60. The maximum Gasteiger partial charge on any atom is 0.418 e. The SMILES string of the molecule is Bc1nc(N[C@@H]2CCN(C(=O)c3ccc(NC(=O)C=C)cc3)C2)nc(B)c1C(F)(F)F. The molecule has 0 unspecified atom stereocenters. The smallest absolute Gasteiger partial charge is 0.350 e. The monoisotopic (exact) mass is 429 g/mol. The predicted octanol–water partition coefficient (Wildman–Crippen LogP) is -0.537. The number of hydrogen-bond donors (Lipinski definition) is 2. The number of benzene rings is 1. The molecule has 1 fully saturated rings. The van der Waals surface area contributed by atoms with E-state index in [-0.39, 0.29) is 35.0 Å². The van der Waals surface area contributed by atoms with Crippen molar-refractivity contribution in [2.75, 3.05) is 23.7 Å². The lowest BCUT2D eigenvalue weighted by atomic mass is 9.89. The van der Waals surface area contributed by atoms with Crippen molar-refractivity contribution in [3.63, 3.8) is 0 Å². The van der Waals surface area contributed by atoms with Gasteiger partial charge < -0.3 is 15.5 Å². The standard InChI is InChI=1S/C19H20B2F3N5O2/c1-2-13(30)25-11-5-3-10(4-6-11)17(31)29-8-7-12(9-29)26-18-27-15(20)14(16(21)28-18)19(22,23)24/h2-6,12H,1,7-9,20-21H2,(H,25,30)(H,26,27,28)/t12-/m1/s1. The highest BCUT2D eigenvalue weighted by atomic mass is 19.4. The first-order chi connectivity index (χ1) is 14.6. The van der Waals surface area contributed by atoms with Gasteiger partial charge in [-0.15, -0.1) is 0 Å². The minimum atomic E-state index is -4.51. The summed E-state index contributed by atoms with van der Waals surface area (Å²) in [5.41, 5.74) is -0.0922. The number of halogens is 3. The van der Waals surface area contributed by atoms with E-state index in [0.717, 1.165) is 6.08 Å². The molecule has 7 nitrogen and oxygen atoms in total. The summed E-state index contributed by atoms with van der Waals surface area (Å²) in [4.78, 5) is 33.6. The van der Waals surface area contributed by atoms with Crippen LogP contribution in [-0.4, -0.2) is 61.5 Å². The molecule has 1 aliphatic rings. The Morgan fingerprint density at radius 2 is 1.77 bits per heavy atom. The fourth-order valence-corrected chi connectivity index (χ4v) is 3.51. The molecule has 0 bridgehead atoms. The normalized spacial score (nSPS) is 16.1. The molecule has 1 aliphatic heterocycles. The maximum atomic E-state index is 13.1. The van der Waals surface area contributed by atoms with E-state index in [1.807, 2.05) is 0 Å². The van der Waals surface area contributed by atoms with Crippen LogP contribution in [0.2, 0.25) is 0 Å². The van der Waals surface area contributed by atoms with Crippen molar-refractivity contribution in [3.05, 3.63) is 48.0 Å². The van der Waals surface area contributed by atoms with Gasteiger partial charge in [-0.3, -0.25) is 9.59 Å². The topological polar surface area (TPSA) is 87.2 Å². The predicted molar refractivity (Wildman–Crippen MR) is 117 cm³/mol. The van der Waals surface area contributed by atoms with E-state index in [0.29, 0.717) is 30.8 Å². The van der Waals surface area contributed by atoms with Crippen molar-refractivity contribution in [2.24, 2.45) is 0 Å². The summed E-state index contributed by atoms with van der Waals surface area (Å²) >= 11 is 0. The second-order valence-corrected chi connectivity index (χ2v) is 7.24. The summed E-state index contributed by atoms with van der Waals surface area (Å²) in [7, 11) is 2.60. The highest BCUT2D eigenvalue weighted by molar-refractivity contribution is 6.38. The van der Waals surface area contributed by atoms with Crippen molar-refractivity contribution in [1.82, 2.24) is 14.9 Å². The molecule has 1 aromatic carbocycles. The van der Waals surface area contributed by atoms with E-state index in [1.54, 1.807) is 29.2 Å². The molecule has 2 aromatic rings. The van der Waals surface area contributed by atoms with Gasteiger partial charge in [0, 0.05) is 41.6 Å². The molecule has 2 N–H and O–H groups in total. The van der Waals surface area contributed by atoms with Gasteiger partial charge in [-0.1, -0.05) is 6.58 Å². The lowest BCUT2D eigenvalue weighted by Gasteiger charge is -2.19. The molecule has 160 valence electrons. The molecule has 0 radical (unpaired) electrons. The molecule has 0 aliphatic carbocycles. The number of likely N-dealkylation sites (tertiary alicyclic amines) is 1. The van der Waals surface area contributed by atoms with Crippen molar-refractivity contribution in [3.8, 4) is 0 Å². The zero-order valence-corrected chi connectivity index (χ0v) is 17.1. The molecule has 31 heavy (non-hydrogen) atoms. The molecular weight excluding hydrogens is 409 g/mol. The third-order valence-electron chi connectivity index (χ3n) is 4.95. The van der Waals surface area contributed by atoms with E-state index in [9.17, 15) is 22.8 Å². The Morgan fingerprint density at radius 3 is 2.32 bits per heavy atom. The van der Waals surface area contributed by atoms with Crippen molar-refractivity contribution in [1.29, 1.82) is 0 Å². The summed E-state index contributed by atoms with van der Waals surface area (Å²) < 4.78 is 39.2. The van der Waals surface area contributed by atoms with Crippen LogP contribution in [0.25, 0.3) is 0 Å². The molecule has 1 aromatic heterocycles. The summed E-state index contributed by atoms with van der Waals surface area (Å²) in [5, 5.41) is 5.64. The summed E-state index contributed by atoms with van der Waals surface area (Å²) in [6.07, 6.45) is -2.74. The molecule has 12 heteroatoms. The first kappa shape index (κ1) is 22.4. The van der Waals surface area contributed by atoms with Crippen LogP contribution in [0.3, 0.4) is 0 Å². The Kier molecular flexibility index (Phi) is 6.37. The van der Waals surface area contributed by atoms with Crippen LogP contribution in [0, 0.1) is 0 Å². The van der Waals surface area contributed by atoms with Crippen molar-refractivity contribution in [2.45, 2.75) is 18.6 Å². The number of amides is 2. The second kappa shape index (κ2) is 8.83. The summed E-state index contributed by atoms with van der Waals surface area (Å²) in [6.45, 7) is 4.24. The Balaban J connectivity index is 1.63. The highest BCUT2D eigenvalue weighted by Crippen LogP contribution is 2.26. The summed E-state index contributed by atoms with van der Waals surface area (Å²) in [5.74, 6) is -0.403. The van der Waals surface area contributed by atoms with Gasteiger partial charge in [0.05, 0.1) is 5.56 Å². The zero-order chi connectivity index (χ0) is 22.8. The minimum Gasteiger partial charge on any atom is -0.350 e. The average Bonchev–Trinajstić information content (AvgIpc) is 3.14. The number of anilines is 2. The number of rotatable bonds is 5. The molecule has 1 atom stereocenters. The largest absolute Gasteiger partial charge is 0.418 e. The Labute approximate surface area is 178 Å². The van der Waals surface area contributed by atoms with Gasteiger partial charge >= 0.3 is 6.18 Å². The van der Waals surface area contributed by atoms with E-state index in [4.69, 9.17) is 0 Å². The maximum absolute atomic E-state index is 13.1. The lowest BCUT2D eigenvalue weighted by molar-refractivity contribution is -0.136. The Hall–Kier alpha value is -3.30. The lowest BCUT2D eigenvalue weighted by Crippen LogP contribution is -2.37. The molecular formula is C19H20B2F3N5O2. The second-order valence-electron chi connectivity index (χ2n) is 7.24. The molecule has 0 spiro atoms. The quantitative estimate of drug-likeness (QED) is 0.493. The number of carbonyl (C=O) groups is 2. The van der Waals surface area contributed by atoms with E-state index >= 15 is 0 Å². The number of nitrogens with zero attached hydrogens (tertiary/aromatic N) is 3. The van der Waals surface area contributed by atoms with Crippen LogP contribution in [0.1, 0.15) is 22.3 Å². The molecule has 2 amide bonds. The third kappa shape index (κ3) is 5.25. The van der Waals surface area contributed by atoms with Crippen LogP contribution >= 0.6 is 0 Å². The average molecular weight is 429 g/mol. The number of nitrogens with one attached hydrogen (secondary N) is 2. The first-order valence-electron chi connectivity index (χ1n) is 9.60. The fourth-order valence-electron chi connectivity index (χ4n) is 3.51. The van der Waals surface area contributed by atoms with Crippen LogP contribution in [0.4, 0.5) is 24.8 Å². The van der Waals surface area contributed by atoms with Crippen molar-refractivity contribution < 1.29 is 22.8 Å². The third-order valence-corrected chi connectivity index (χ3v) is 4.95. The molecule has 2 heterocycles. The van der Waals surface area contributed by atoms with E-state index in [2.05, 4.69) is 27.2 Å². The van der Waals surface area contributed by atoms with Gasteiger partial charge in [0.15, 0.2) is 15.7 Å². The Morgan fingerprint density at radius 1 is 1.16 bits per heavy atom. The van der Waals surface area contributed by atoms with Crippen LogP contribution < -0.4 is 21.8 Å². The zero-order valence-electron chi connectivity index (χ0n) is 17.1. The number of hydrogen-bond acceptors (Lipinski definition) is 5. The van der Waals surface area contributed by atoms with Crippen LogP contribution in [0.5, 0.6) is 0 Å². The molecule has 0 saturated carbocycles. The van der Waals surface area contributed by atoms with Crippen LogP contribution in [-0.2, 0) is 11.0 Å². The molecule has 3 rings (SSSR count).